The lowest BCUT2D eigenvalue weighted by Gasteiger charge is -2.35. The molecule has 11 heteroatoms. The standard InChI is InChI=1S/C26H22ClN7O2S/c27-19-9-5-16(6-10-19)17-7-11-21(12-8-17)37(35,36)34-15-20(13-18-3-1-2-4-23(18)34)30-24-22-14-29-33-25(22)32-26(28)31-24/h1-12,14,20H,13,15H2,(H4,28,29,30,31,32,33). The normalized spacial score (nSPS) is 15.5. The summed E-state index contributed by atoms with van der Waals surface area (Å²) in [4.78, 5) is 8.69. The van der Waals surface area contributed by atoms with Crippen molar-refractivity contribution >= 4 is 50.1 Å². The Morgan fingerprint density at radius 1 is 0.973 bits per heavy atom. The van der Waals surface area contributed by atoms with Crippen molar-refractivity contribution < 1.29 is 8.42 Å². The smallest absolute Gasteiger partial charge is 0.264 e. The Bertz CT molecular complexity index is 1700. The zero-order valence-electron chi connectivity index (χ0n) is 19.5. The van der Waals surface area contributed by atoms with E-state index in [1.807, 2.05) is 48.5 Å². The van der Waals surface area contributed by atoms with Gasteiger partial charge in [0.1, 0.15) is 5.82 Å². The number of nitrogen functional groups attached to an aromatic ring is 1. The first kappa shape index (κ1) is 23.3. The number of H-pyrrole nitrogens is 1. The number of fused-ring (bicyclic) bond motifs is 2. The lowest BCUT2D eigenvalue weighted by Crippen LogP contribution is -2.45. The van der Waals surface area contributed by atoms with E-state index >= 15 is 0 Å². The zero-order valence-corrected chi connectivity index (χ0v) is 21.0. The van der Waals surface area contributed by atoms with Crippen molar-refractivity contribution in [1.29, 1.82) is 0 Å². The molecule has 1 atom stereocenters. The molecule has 9 nitrogen and oxygen atoms in total. The van der Waals surface area contributed by atoms with Gasteiger partial charge in [0, 0.05) is 5.02 Å². The maximum Gasteiger partial charge on any atom is 0.264 e. The average Bonchev–Trinajstić information content (AvgIpc) is 3.37. The Morgan fingerprint density at radius 2 is 1.68 bits per heavy atom. The highest BCUT2D eigenvalue weighted by Gasteiger charge is 2.33. The molecular formula is C26H22ClN7O2S. The topological polar surface area (TPSA) is 130 Å². The van der Waals surface area contributed by atoms with Gasteiger partial charge in [0.05, 0.1) is 34.8 Å². The van der Waals surface area contributed by atoms with Crippen LogP contribution in [0.2, 0.25) is 5.02 Å². The lowest BCUT2D eigenvalue weighted by molar-refractivity contribution is 0.581. The van der Waals surface area contributed by atoms with Crippen LogP contribution in [0, 0.1) is 0 Å². The largest absolute Gasteiger partial charge is 0.368 e. The number of aromatic amines is 1. The molecule has 0 saturated heterocycles. The summed E-state index contributed by atoms with van der Waals surface area (Å²) in [6.07, 6.45) is 2.23. The number of hydrogen-bond acceptors (Lipinski definition) is 7. The number of benzene rings is 3. The maximum absolute atomic E-state index is 13.9. The molecule has 0 bridgehead atoms. The van der Waals surface area contributed by atoms with E-state index in [9.17, 15) is 8.42 Å². The summed E-state index contributed by atoms with van der Waals surface area (Å²) >= 11 is 6.00. The Balaban J connectivity index is 1.33. The van der Waals surface area contributed by atoms with E-state index in [2.05, 4.69) is 25.5 Å². The quantitative estimate of drug-likeness (QED) is 0.304. The van der Waals surface area contributed by atoms with E-state index in [-0.39, 0.29) is 23.4 Å². The molecule has 1 aliphatic heterocycles. The molecule has 1 unspecified atom stereocenters. The summed E-state index contributed by atoms with van der Waals surface area (Å²) in [5.41, 5.74) is 9.82. The summed E-state index contributed by atoms with van der Waals surface area (Å²) in [6.45, 7) is 0.210. The van der Waals surface area contributed by atoms with Crippen molar-refractivity contribution in [3.63, 3.8) is 0 Å². The minimum absolute atomic E-state index is 0.0979. The van der Waals surface area contributed by atoms with Crippen molar-refractivity contribution in [3.8, 4) is 11.1 Å². The number of nitrogens with one attached hydrogen (secondary N) is 2. The van der Waals surface area contributed by atoms with Crippen LogP contribution in [-0.2, 0) is 16.4 Å². The highest BCUT2D eigenvalue weighted by atomic mass is 35.5. The molecule has 0 saturated carbocycles. The molecule has 0 amide bonds. The summed E-state index contributed by atoms with van der Waals surface area (Å²) in [5.74, 6) is 0.603. The van der Waals surface area contributed by atoms with Crippen LogP contribution in [0.4, 0.5) is 17.5 Å². The van der Waals surface area contributed by atoms with Crippen molar-refractivity contribution in [1.82, 2.24) is 20.2 Å². The molecule has 0 radical (unpaired) electrons. The third-order valence-electron chi connectivity index (χ3n) is 6.40. The Labute approximate surface area is 218 Å². The van der Waals surface area contributed by atoms with E-state index in [4.69, 9.17) is 17.3 Å². The van der Waals surface area contributed by atoms with E-state index in [1.54, 1.807) is 30.5 Å². The van der Waals surface area contributed by atoms with Gasteiger partial charge in [-0.1, -0.05) is 54.1 Å². The second-order valence-electron chi connectivity index (χ2n) is 8.80. The molecule has 1 aliphatic rings. The van der Waals surface area contributed by atoms with E-state index in [0.29, 0.717) is 34.0 Å². The molecule has 6 rings (SSSR count). The number of halogens is 1. The minimum atomic E-state index is -3.85. The summed E-state index contributed by atoms with van der Waals surface area (Å²) in [7, 11) is -3.85. The highest BCUT2D eigenvalue weighted by Crippen LogP contribution is 2.34. The van der Waals surface area contributed by atoms with Gasteiger partial charge in [0.2, 0.25) is 5.95 Å². The van der Waals surface area contributed by atoms with Gasteiger partial charge in [-0.05, 0) is 53.4 Å². The molecule has 5 aromatic rings. The monoisotopic (exact) mass is 531 g/mol. The lowest BCUT2D eigenvalue weighted by atomic mass is 9.99. The first-order valence-corrected chi connectivity index (χ1v) is 13.4. The predicted molar refractivity (Wildman–Crippen MR) is 145 cm³/mol. The van der Waals surface area contributed by atoms with Crippen LogP contribution in [0.1, 0.15) is 5.56 Å². The fourth-order valence-corrected chi connectivity index (χ4v) is 6.30. The Kier molecular flexibility index (Phi) is 5.69. The number of para-hydroxylation sites is 1. The van der Waals surface area contributed by atoms with Crippen LogP contribution >= 0.6 is 11.6 Å². The van der Waals surface area contributed by atoms with Gasteiger partial charge in [-0.15, -0.1) is 0 Å². The molecule has 186 valence electrons. The molecule has 3 aromatic carbocycles. The van der Waals surface area contributed by atoms with Gasteiger partial charge >= 0.3 is 0 Å². The molecule has 0 aliphatic carbocycles. The minimum Gasteiger partial charge on any atom is -0.368 e. The molecule has 0 spiro atoms. The Hall–Kier alpha value is -4.15. The molecular weight excluding hydrogens is 510 g/mol. The maximum atomic E-state index is 13.9. The van der Waals surface area contributed by atoms with Crippen LogP contribution in [0.3, 0.4) is 0 Å². The van der Waals surface area contributed by atoms with Gasteiger partial charge in [-0.2, -0.15) is 15.1 Å². The van der Waals surface area contributed by atoms with E-state index < -0.39 is 10.0 Å². The van der Waals surface area contributed by atoms with Gasteiger partial charge in [0.15, 0.2) is 5.65 Å². The van der Waals surface area contributed by atoms with Crippen molar-refractivity contribution in [2.24, 2.45) is 0 Å². The van der Waals surface area contributed by atoms with Crippen LogP contribution in [0.25, 0.3) is 22.2 Å². The van der Waals surface area contributed by atoms with Crippen LogP contribution < -0.4 is 15.4 Å². The average molecular weight is 532 g/mol. The molecule has 4 N–H and O–H groups in total. The fraction of sp³-hybridized carbons (Fsp3) is 0.115. The Morgan fingerprint density at radius 3 is 2.43 bits per heavy atom. The SMILES string of the molecule is Nc1nc(NC2Cc3ccccc3N(S(=O)(=O)c3ccc(-c4ccc(Cl)cc4)cc3)C2)c2cn[nH]c2n1. The van der Waals surface area contributed by atoms with Crippen LogP contribution in [0.15, 0.2) is 83.9 Å². The summed E-state index contributed by atoms with van der Waals surface area (Å²) in [6, 6.07) is 21.6. The zero-order chi connectivity index (χ0) is 25.6. The summed E-state index contributed by atoms with van der Waals surface area (Å²) in [5, 5.41) is 11.5. The van der Waals surface area contributed by atoms with Gasteiger partial charge in [0.25, 0.3) is 10.0 Å². The number of hydrogen-bond donors (Lipinski definition) is 3. The van der Waals surface area contributed by atoms with Crippen molar-refractivity contribution in [2.45, 2.75) is 17.4 Å². The fourth-order valence-electron chi connectivity index (χ4n) is 4.62. The number of sulfonamides is 1. The summed E-state index contributed by atoms with van der Waals surface area (Å²) < 4.78 is 29.2. The third-order valence-corrected chi connectivity index (χ3v) is 8.45. The first-order chi connectivity index (χ1) is 17.9. The molecule has 0 fully saturated rings. The second kappa shape index (κ2) is 9.06. The highest BCUT2D eigenvalue weighted by molar-refractivity contribution is 7.92. The predicted octanol–water partition coefficient (Wildman–Crippen LogP) is 4.49. The number of nitrogens with two attached hydrogens (primary N) is 1. The van der Waals surface area contributed by atoms with Gasteiger partial charge < -0.3 is 11.1 Å². The van der Waals surface area contributed by atoms with Crippen LogP contribution in [0.5, 0.6) is 0 Å². The van der Waals surface area contributed by atoms with Gasteiger partial charge in [-0.25, -0.2) is 8.42 Å². The third kappa shape index (κ3) is 4.34. The molecule has 2 aromatic heterocycles. The van der Waals surface area contributed by atoms with Crippen LogP contribution in [-0.4, -0.2) is 41.2 Å². The number of nitrogens with zero attached hydrogens (tertiary/aromatic N) is 4. The van der Waals surface area contributed by atoms with Gasteiger partial charge in [-0.3, -0.25) is 9.40 Å². The van der Waals surface area contributed by atoms with E-state index in [0.717, 1.165) is 16.7 Å². The number of aromatic nitrogens is 4. The van der Waals surface area contributed by atoms with Crippen molar-refractivity contribution in [3.05, 3.63) is 89.6 Å². The number of rotatable bonds is 5. The van der Waals surface area contributed by atoms with Crippen molar-refractivity contribution in [2.75, 3.05) is 21.9 Å². The molecule has 3 heterocycles. The first-order valence-electron chi connectivity index (χ1n) is 11.6. The van der Waals surface area contributed by atoms with E-state index in [1.165, 1.54) is 4.31 Å². The molecule has 37 heavy (non-hydrogen) atoms. The number of anilines is 3. The second-order valence-corrected chi connectivity index (χ2v) is 11.1.